The Balaban J connectivity index is 2.27. The lowest BCUT2D eigenvalue weighted by molar-refractivity contribution is -0.137. The van der Waals surface area contributed by atoms with Crippen molar-refractivity contribution in [3.05, 3.63) is 30.1 Å². The summed E-state index contributed by atoms with van der Waals surface area (Å²) in [6.07, 6.45) is 2.48. The van der Waals surface area contributed by atoms with E-state index in [2.05, 4.69) is 23.8 Å². The number of imidazole rings is 1. The van der Waals surface area contributed by atoms with Crippen molar-refractivity contribution >= 4 is 17.0 Å². The third-order valence-corrected chi connectivity index (χ3v) is 3.17. The van der Waals surface area contributed by atoms with Crippen LogP contribution in [-0.2, 0) is 10.2 Å². The number of carboxylic acids is 1. The van der Waals surface area contributed by atoms with E-state index in [1.807, 2.05) is 18.2 Å². The van der Waals surface area contributed by atoms with Crippen LogP contribution in [0.15, 0.2) is 24.5 Å². The zero-order valence-corrected chi connectivity index (χ0v) is 10.0. The minimum Gasteiger partial charge on any atom is -0.481 e. The smallest absolute Gasteiger partial charge is 0.303 e. The maximum absolute atomic E-state index is 10.6. The maximum Gasteiger partial charge on any atom is 0.303 e. The zero-order valence-electron chi connectivity index (χ0n) is 10.0. The third-order valence-electron chi connectivity index (χ3n) is 3.17. The van der Waals surface area contributed by atoms with Gasteiger partial charge in [0.15, 0.2) is 0 Å². The number of H-pyrrole nitrogens is 1. The first-order valence-corrected chi connectivity index (χ1v) is 5.64. The molecule has 0 saturated heterocycles. The lowest BCUT2D eigenvalue weighted by atomic mass is 9.80. The largest absolute Gasteiger partial charge is 0.481 e. The van der Waals surface area contributed by atoms with Gasteiger partial charge in [0, 0.05) is 6.42 Å². The number of aliphatic carboxylic acids is 1. The monoisotopic (exact) mass is 232 g/mol. The molecule has 2 rings (SSSR count). The highest BCUT2D eigenvalue weighted by Crippen LogP contribution is 2.29. The maximum atomic E-state index is 10.6. The van der Waals surface area contributed by atoms with Gasteiger partial charge in [0.2, 0.25) is 0 Å². The first-order valence-electron chi connectivity index (χ1n) is 5.64. The molecule has 0 aliphatic heterocycles. The number of hydrogen-bond acceptors (Lipinski definition) is 2. The van der Waals surface area contributed by atoms with Gasteiger partial charge in [0.05, 0.1) is 17.4 Å². The second kappa shape index (κ2) is 4.20. The Morgan fingerprint density at radius 1 is 1.47 bits per heavy atom. The first kappa shape index (κ1) is 11.6. The van der Waals surface area contributed by atoms with Gasteiger partial charge in [-0.05, 0) is 29.5 Å². The quantitative estimate of drug-likeness (QED) is 0.851. The zero-order chi connectivity index (χ0) is 12.5. The van der Waals surface area contributed by atoms with Crippen molar-refractivity contribution in [2.45, 2.75) is 32.1 Å². The summed E-state index contributed by atoms with van der Waals surface area (Å²) in [5, 5.41) is 8.75. The summed E-state index contributed by atoms with van der Waals surface area (Å²) in [6.45, 7) is 4.13. The first-order chi connectivity index (χ1) is 7.99. The molecule has 90 valence electrons. The van der Waals surface area contributed by atoms with E-state index < -0.39 is 5.97 Å². The van der Waals surface area contributed by atoms with Crippen LogP contribution in [0.5, 0.6) is 0 Å². The molecule has 0 unspecified atom stereocenters. The molecule has 0 amide bonds. The fourth-order valence-corrected chi connectivity index (χ4v) is 1.92. The van der Waals surface area contributed by atoms with Gasteiger partial charge < -0.3 is 10.1 Å². The van der Waals surface area contributed by atoms with Gasteiger partial charge in [0.25, 0.3) is 0 Å². The molecular weight excluding hydrogens is 216 g/mol. The normalized spacial score (nSPS) is 11.9. The topological polar surface area (TPSA) is 66.0 Å². The Morgan fingerprint density at radius 2 is 2.24 bits per heavy atom. The number of nitrogens with one attached hydrogen (secondary N) is 1. The number of carbonyl (C=O) groups is 1. The molecule has 1 heterocycles. The van der Waals surface area contributed by atoms with Gasteiger partial charge in [-0.3, -0.25) is 4.79 Å². The molecule has 0 spiro atoms. The van der Waals surface area contributed by atoms with Crippen molar-refractivity contribution in [3.63, 3.8) is 0 Å². The Morgan fingerprint density at radius 3 is 2.94 bits per heavy atom. The lowest BCUT2D eigenvalue weighted by Crippen LogP contribution is -2.18. The van der Waals surface area contributed by atoms with E-state index in [0.29, 0.717) is 6.42 Å². The number of benzene rings is 1. The second-order valence-corrected chi connectivity index (χ2v) is 4.91. The average Bonchev–Trinajstić information content (AvgIpc) is 2.73. The summed E-state index contributed by atoms with van der Waals surface area (Å²) >= 11 is 0. The molecule has 4 nitrogen and oxygen atoms in total. The van der Waals surface area contributed by atoms with Crippen molar-refractivity contribution in [1.82, 2.24) is 9.97 Å². The molecule has 0 bridgehead atoms. The van der Waals surface area contributed by atoms with E-state index in [1.54, 1.807) is 6.33 Å². The summed E-state index contributed by atoms with van der Waals surface area (Å²) in [6, 6.07) is 6.03. The van der Waals surface area contributed by atoms with Crippen LogP contribution in [0.4, 0.5) is 0 Å². The molecule has 0 saturated carbocycles. The number of hydrogen-bond donors (Lipinski definition) is 2. The molecule has 0 fully saturated rings. The standard InChI is InChI=1S/C13H16N2O2/c1-13(2,6-5-12(16)17)9-3-4-10-11(7-9)15-8-14-10/h3-4,7-8H,5-6H2,1-2H3,(H,14,15)(H,16,17). The molecule has 1 aromatic heterocycles. The highest BCUT2D eigenvalue weighted by molar-refractivity contribution is 5.75. The van der Waals surface area contributed by atoms with Crippen LogP contribution in [0.3, 0.4) is 0 Å². The van der Waals surface area contributed by atoms with E-state index in [0.717, 1.165) is 16.6 Å². The van der Waals surface area contributed by atoms with E-state index in [1.165, 1.54) is 0 Å². The SMILES string of the molecule is CC(C)(CCC(=O)O)c1ccc2nc[nH]c2c1. The molecule has 17 heavy (non-hydrogen) atoms. The van der Waals surface area contributed by atoms with Crippen molar-refractivity contribution in [2.24, 2.45) is 0 Å². The average molecular weight is 232 g/mol. The van der Waals surface area contributed by atoms with Gasteiger partial charge in [-0.2, -0.15) is 0 Å². The predicted octanol–water partition coefficient (Wildman–Crippen LogP) is 2.71. The summed E-state index contributed by atoms with van der Waals surface area (Å²) in [5.41, 5.74) is 2.92. The van der Waals surface area contributed by atoms with Crippen LogP contribution < -0.4 is 0 Å². The van der Waals surface area contributed by atoms with Crippen LogP contribution in [0.25, 0.3) is 11.0 Å². The minimum atomic E-state index is -0.749. The number of rotatable bonds is 4. The van der Waals surface area contributed by atoms with Crippen molar-refractivity contribution in [3.8, 4) is 0 Å². The lowest BCUT2D eigenvalue weighted by Gasteiger charge is -2.24. The van der Waals surface area contributed by atoms with Gasteiger partial charge >= 0.3 is 5.97 Å². The van der Waals surface area contributed by atoms with Gasteiger partial charge in [-0.25, -0.2) is 4.98 Å². The fourth-order valence-electron chi connectivity index (χ4n) is 1.92. The fraction of sp³-hybridized carbons (Fsp3) is 0.385. The van der Waals surface area contributed by atoms with Gasteiger partial charge in [0.1, 0.15) is 0 Å². The van der Waals surface area contributed by atoms with E-state index in [9.17, 15) is 4.79 Å². The molecule has 2 N–H and O–H groups in total. The van der Waals surface area contributed by atoms with Crippen LogP contribution in [0, 0.1) is 0 Å². The Bertz CT molecular complexity index is 543. The van der Waals surface area contributed by atoms with Gasteiger partial charge in [-0.1, -0.05) is 19.9 Å². The molecule has 0 aliphatic carbocycles. The summed E-state index contributed by atoms with van der Waals surface area (Å²) < 4.78 is 0. The molecule has 1 aromatic carbocycles. The third kappa shape index (κ3) is 2.46. The van der Waals surface area contributed by atoms with Crippen LogP contribution >= 0.6 is 0 Å². The predicted molar refractivity (Wildman–Crippen MR) is 66.0 cm³/mol. The van der Waals surface area contributed by atoms with E-state index in [-0.39, 0.29) is 11.8 Å². The highest BCUT2D eigenvalue weighted by atomic mass is 16.4. The summed E-state index contributed by atoms with van der Waals surface area (Å²) in [7, 11) is 0. The molecule has 0 radical (unpaired) electrons. The van der Waals surface area contributed by atoms with Crippen molar-refractivity contribution < 1.29 is 9.90 Å². The van der Waals surface area contributed by atoms with Crippen LogP contribution in [0.1, 0.15) is 32.3 Å². The number of nitrogens with zero attached hydrogens (tertiary/aromatic N) is 1. The van der Waals surface area contributed by atoms with Crippen LogP contribution in [0.2, 0.25) is 0 Å². The van der Waals surface area contributed by atoms with E-state index in [4.69, 9.17) is 5.11 Å². The molecule has 0 aliphatic rings. The number of fused-ring (bicyclic) bond motifs is 1. The Labute approximate surface area is 99.7 Å². The molecule has 4 heteroatoms. The van der Waals surface area contributed by atoms with Crippen LogP contribution in [-0.4, -0.2) is 21.0 Å². The number of carboxylic acid groups (broad SMARTS) is 1. The Hall–Kier alpha value is -1.84. The molecular formula is C13H16N2O2. The number of aromatic nitrogens is 2. The van der Waals surface area contributed by atoms with Crippen molar-refractivity contribution in [1.29, 1.82) is 0 Å². The molecule has 0 atom stereocenters. The minimum absolute atomic E-state index is 0.141. The summed E-state index contributed by atoms with van der Waals surface area (Å²) in [5.74, 6) is -0.749. The second-order valence-electron chi connectivity index (χ2n) is 4.91. The number of aromatic amines is 1. The Kier molecular flexibility index (Phi) is 2.88. The highest BCUT2D eigenvalue weighted by Gasteiger charge is 2.22. The van der Waals surface area contributed by atoms with Crippen molar-refractivity contribution in [2.75, 3.05) is 0 Å². The van der Waals surface area contributed by atoms with E-state index >= 15 is 0 Å². The summed E-state index contributed by atoms with van der Waals surface area (Å²) in [4.78, 5) is 17.9. The molecule has 2 aromatic rings. The van der Waals surface area contributed by atoms with Gasteiger partial charge in [-0.15, -0.1) is 0 Å².